The highest BCUT2D eigenvalue weighted by Gasteiger charge is 2.51. The van der Waals surface area contributed by atoms with Gasteiger partial charge in [0.05, 0.1) is 0 Å². The number of amides is 1. The average molecular weight is 286 g/mol. The molecule has 0 aromatic carbocycles. The minimum absolute atomic E-state index is 0.0477. The van der Waals surface area contributed by atoms with Crippen LogP contribution in [-0.2, 0) is 9.53 Å². The third-order valence-corrected chi connectivity index (χ3v) is 4.33. The van der Waals surface area contributed by atoms with Gasteiger partial charge in [0.2, 0.25) is 5.88 Å². The summed E-state index contributed by atoms with van der Waals surface area (Å²) in [5.74, 6) is 0.693. The second-order valence-electron chi connectivity index (χ2n) is 4.48. The summed E-state index contributed by atoms with van der Waals surface area (Å²) in [4.78, 5) is 24.0. The van der Waals surface area contributed by atoms with Crippen LogP contribution in [0.3, 0.4) is 0 Å². The van der Waals surface area contributed by atoms with Crippen LogP contribution in [0.15, 0.2) is 12.0 Å². The summed E-state index contributed by atoms with van der Waals surface area (Å²) in [6.07, 6.45) is 3.57. The Kier molecular flexibility index (Phi) is 4.71. The highest BCUT2D eigenvalue weighted by Crippen LogP contribution is 2.37. The van der Waals surface area contributed by atoms with E-state index in [-0.39, 0.29) is 23.2 Å². The zero-order chi connectivity index (χ0) is 13.8. The van der Waals surface area contributed by atoms with E-state index in [4.69, 9.17) is 5.11 Å². The number of β-lactam (4-membered cyclic amide) rings is 1. The third-order valence-electron chi connectivity index (χ3n) is 3.14. The molecule has 7 heteroatoms. The minimum Gasteiger partial charge on any atom is -0.449 e. The normalized spacial score (nSPS) is 25.4. The number of hydrogen-bond acceptors (Lipinski definition) is 5. The molecular formula is C12H18N2O4S. The molecule has 1 saturated heterocycles. The highest BCUT2D eigenvalue weighted by atomic mass is 32.2. The summed E-state index contributed by atoms with van der Waals surface area (Å²) in [6.45, 7) is 2.95. The molecule has 2 rings (SSSR count). The number of rotatable bonds is 6. The van der Waals surface area contributed by atoms with Crippen LogP contribution < -0.4 is 5.32 Å². The van der Waals surface area contributed by atoms with E-state index < -0.39 is 6.16 Å². The van der Waals surface area contributed by atoms with E-state index >= 15 is 0 Å². The fourth-order valence-electron chi connectivity index (χ4n) is 2.19. The molecule has 106 valence electrons. The Hall–Kier alpha value is -1.21. The number of thioether (sulfide) groups is 1. The molecule has 0 aromatic heterocycles. The van der Waals surface area contributed by atoms with Crippen LogP contribution >= 0.6 is 11.8 Å². The van der Waals surface area contributed by atoms with Crippen LogP contribution in [0.4, 0.5) is 4.79 Å². The van der Waals surface area contributed by atoms with Gasteiger partial charge in [0.25, 0.3) is 5.91 Å². The summed E-state index contributed by atoms with van der Waals surface area (Å²) in [6, 6.07) is -0.219. The summed E-state index contributed by atoms with van der Waals surface area (Å²) < 4.78 is 4.63. The van der Waals surface area contributed by atoms with Crippen molar-refractivity contribution in [3.63, 3.8) is 0 Å². The molecule has 2 aliphatic rings. The Labute approximate surface area is 116 Å². The van der Waals surface area contributed by atoms with Gasteiger partial charge in [0.15, 0.2) is 0 Å². The first kappa shape index (κ1) is 14.2. The van der Waals surface area contributed by atoms with Gasteiger partial charge in [-0.05, 0) is 19.0 Å². The van der Waals surface area contributed by atoms with Crippen LogP contribution in [0.5, 0.6) is 0 Å². The van der Waals surface area contributed by atoms with Gasteiger partial charge in [-0.15, -0.1) is 11.8 Å². The predicted molar refractivity (Wildman–Crippen MR) is 71.6 cm³/mol. The summed E-state index contributed by atoms with van der Waals surface area (Å²) in [7, 11) is 0. The zero-order valence-corrected chi connectivity index (χ0v) is 11.6. The van der Waals surface area contributed by atoms with E-state index in [0.717, 1.165) is 25.8 Å². The van der Waals surface area contributed by atoms with Crippen LogP contribution in [-0.4, -0.2) is 45.8 Å². The van der Waals surface area contributed by atoms with Crippen LogP contribution in [0.1, 0.15) is 26.2 Å². The van der Waals surface area contributed by atoms with Gasteiger partial charge < -0.3 is 15.2 Å². The minimum atomic E-state index is -1.39. The maximum Gasteiger partial charge on any atom is 0.512 e. The van der Waals surface area contributed by atoms with Gasteiger partial charge in [-0.1, -0.05) is 19.8 Å². The van der Waals surface area contributed by atoms with Gasteiger partial charge in [-0.2, -0.15) is 0 Å². The van der Waals surface area contributed by atoms with Crippen LogP contribution in [0.25, 0.3) is 0 Å². The number of carbonyl (C=O) groups excluding carboxylic acids is 1. The van der Waals surface area contributed by atoms with Crippen molar-refractivity contribution in [1.82, 2.24) is 10.2 Å². The SMILES string of the molecule is CCCCCN[C@@H]1C(=O)N2C(OC(=O)O)=CCS[C@@H]12. The topological polar surface area (TPSA) is 78.9 Å². The summed E-state index contributed by atoms with van der Waals surface area (Å²) >= 11 is 1.61. The Morgan fingerprint density at radius 2 is 2.42 bits per heavy atom. The predicted octanol–water partition coefficient (Wildman–Crippen LogP) is 1.59. The largest absolute Gasteiger partial charge is 0.512 e. The van der Waals surface area contributed by atoms with Crippen LogP contribution in [0, 0.1) is 0 Å². The third kappa shape index (κ3) is 3.03. The number of ether oxygens (including phenoxy) is 1. The van der Waals surface area contributed by atoms with Crippen LogP contribution in [0.2, 0.25) is 0 Å². The quantitative estimate of drug-likeness (QED) is 0.438. The second kappa shape index (κ2) is 6.29. The number of nitrogens with one attached hydrogen (secondary N) is 1. The lowest BCUT2D eigenvalue weighted by Gasteiger charge is -2.48. The molecule has 6 nitrogen and oxygen atoms in total. The molecule has 0 radical (unpaired) electrons. The fourth-order valence-corrected chi connectivity index (χ4v) is 3.38. The zero-order valence-electron chi connectivity index (χ0n) is 10.8. The van der Waals surface area contributed by atoms with Gasteiger partial charge in [0, 0.05) is 5.75 Å². The number of fused-ring (bicyclic) bond motifs is 1. The molecule has 0 unspecified atom stereocenters. The molecule has 2 N–H and O–H groups in total. The van der Waals surface area contributed by atoms with Crippen molar-refractivity contribution in [2.75, 3.05) is 12.3 Å². The van der Waals surface area contributed by atoms with E-state index in [2.05, 4.69) is 17.0 Å². The van der Waals surface area contributed by atoms with Gasteiger partial charge in [0.1, 0.15) is 11.4 Å². The van der Waals surface area contributed by atoms with Gasteiger partial charge >= 0.3 is 6.16 Å². The first-order valence-corrected chi connectivity index (χ1v) is 7.49. The van der Waals surface area contributed by atoms with Crippen molar-refractivity contribution in [1.29, 1.82) is 0 Å². The molecule has 2 aliphatic heterocycles. The molecule has 0 aromatic rings. The van der Waals surface area contributed by atoms with Crippen molar-refractivity contribution < 1.29 is 19.4 Å². The molecule has 0 bridgehead atoms. The second-order valence-corrected chi connectivity index (χ2v) is 5.63. The van der Waals surface area contributed by atoms with Crippen molar-refractivity contribution in [3.05, 3.63) is 12.0 Å². The molecule has 1 amide bonds. The molecule has 1 fully saturated rings. The maximum atomic E-state index is 12.0. The summed E-state index contributed by atoms with van der Waals surface area (Å²) in [5, 5.41) is 11.8. The van der Waals surface area contributed by atoms with Gasteiger partial charge in [-0.25, -0.2) is 4.79 Å². The standard InChI is InChI=1S/C12H18N2O4S/c1-2-3-4-6-13-9-10(15)14-8(18-12(16)17)5-7-19-11(9)14/h5,9,11,13H,2-4,6-7H2,1H3,(H,16,17)/t9-,11+/m1/s1. The number of unbranched alkanes of at least 4 members (excludes halogenated alkanes) is 2. The fraction of sp³-hybridized carbons (Fsp3) is 0.667. The molecule has 2 heterocycles. The van der Waals surface area contributed by atoms with E-state index in [1.807, 2.05) is 0 Å². The highest BCUT2D eigenvalue weighted by molar-refractivity contribution is 8.00. The molecule has 0 aliphatic carbocycles. The van der Waals surface area contributed by atoms with E-state index in [1.54, 1.807) is 17.8 Å². The smallest absolute Gasteiger partial charge is 0.449 e. The van der Waals surface area contributed by atoms with E-state index in [0.29, 0.717) is 5.75 Å². The Morgan fingerprint density at radius 3 is 3.11 bits per heavy atom. The lowest BCUT2D eigenvalue weighted by atomic mass is 10.1. The number of carboxylic acid groups (broad SMARTS) is 1. The Balaban J connectivity index is 1.87. The van der Waals surface area contributed by atoms with Crippen molar-refractivity contribution in [2.24, 2.45) is 0 Å². The Bertz CT molecular complexity index is 399. The first-order chi connectivity index (χ1) is 9.15. The van der Waals surface area contributed by atoms with Crippen molar-refractivity contribution in [3.8, 4) is 0 Å². The number of hydrogen-bond donors (Lipinski definition) is 2. The van der Waals surface area contributed by atoms with E-state index in [1.165, 1.54) is 4.90 Å². The Morgan fingerprint density at radius 1 is 1.63 bits per heavy atom. The van der Waals surface area contributed by atoms with Crippen molar-refractivity contribution in [2.45, 2.75) is 37.6 Å². The van der Waals surface area contributed by atoms with Crippen molar-refractivity contribution >= 4 is 23.8 Å². The average Bonchev–Trinajstić information content (AvgIpc) is 2.37. The lowest BCUT2D eigenvalue weighted by Crippen LogP contribution is -2.69. The van der Waals surface area contributed by atoms with E-state index in [9.17, 15) is 9.59 Å². The monoisotopic (exact) mass is 286 g/mol. The lowest BCUT2D eigenvalue weighted by molar-refractivity contribution is -0.146. The van der Waals surface area contributed by atoms with Gasteiger partial charge in [-0.3, -0.25) is 9.69 Å². The number of nitrogens with zero attached hydrogens (tertiary/aromatic N) is 1. The molecule has 0 spiro atoms. The maximum absolute atomic E-state index is 12.0. The molecule has 19 heavy (non-hydrogen) atoms. The first-order valence-electron chi connectivity index (χ1n) is 6.44. The molecular weight excluding hydrogens is 268 g/mol. The summed E-state index contributed by atoms with van der Waals surface area (Å²) in [5.41, 5.74) is 0. The number of carbonyl (C=O) groups is 2. The molecule has 0 saturated carbocycles. The molecule has 2 atom stereocenters.